The third-order valence-corrected chi connectivity index (χ3v) is 1.21. The fourth-order valence-corrected chi connectivity index (χ4v) is 0.683. The smallest absolute Gasteiger partial charge is 0.320 e. The molecule has 1 heterocycles. The van der Waals surface area contributed by atoms with Gasteiger partial charge in [0.2, 0.25) is 0 Å². The zero-order valence-electron chi connectivity index (χ0n) is 5.64. The lowest BCUT2D eigenvalue weighted by Gasteiger charge is -1.97. The summed E-state index contributed by atoms with van der Waals surface area (Å²) in [5, 5.41) is 18.7. The molecule has 5 heteroatoms. The van der Waals surface area contributed by atoms with Crippen molar-refractivity contribution in [2.45, 2.75) is 12.6 Å². The predicted molar refractivity (Wildman–Crippen MR) is 35.4 cm³/mol. The van der Waals surface area contributed by atoms with E-state index in [9.17, 15) is 10.1 Å². The Morgan fingerprint density at radius 1 is 1.82 bits per heavy atom. The van der Waals surface area contributed by atoms with Crippen LogP contribution >= 0.6 is 0 Å². The van der Waals surface area contributed by atoms with E-state index in [2.05, 4.69) is 0 Å². The van der Waals surface area contributed by atoms with Crippen molar-refractivity contribution >= 4 is 0 Å². The first-order valence-corrected chi connectivity index (χ1v) is 3.04. The lowest BCUT2D eigenvalue weighted by atomic mass is 10.3. The van der Waals surface area contributed by atoms with Gasteiger partial charge in [-0.25, -0.2) is 0 Å². The summed E-state index contributed by atoms with van der Waals surface area (Å²) >= 11 is 0. The second-order valence-corrected chi connectivity index (χ2v) is 2.05. The van der Waals surface area contributed by atoms with Gasteiger partial charge in [-0.1, -0.05) is 0 Å². The second-order valence-electron chi connectivity index (χ2n) is 2.05. The van der Waals surface area contributed by atoms with Gasteiger partial charge >= 0.3 is 6.23 Å². The quantitative estimate of drug-likeness (QED) is 0.391. The lowest BCUT2D eigenvalue weighted by molar-refractivity contribution is -0.570. The van der Waals surface area contributed by atoms with Gasteiger partial charge in [0.15, 0.2) is 0 Å². The molecule has 0 aliphatic heterocycles. The van der Waals surface area contributed by atoms with Crippen molar-refractivity contribution < 1.29 is 14.4 Å². The molecule has 11 heavy (non-hydrogen) atoms. The van der Waals surface area contributed by atoms with Crippen LogP contribution < -0.4 is 0 Å². The Hall–Kier alpha value is -1.36. The SMILES string of the molecule is O=[N+]([O-])C(O)Cc1ccco1. The standard InChI is InChI=1S/C6H7NO4/c8-6(7(9)10)4-5-2-1-3-11-5/h1-3,6,8H,4H2. The number of nitro groups is 1. The molecule has 1 aromatic rings. The van der Waals surface area contributed by atoms with E-state index in [1.54, 1.807) is 12.1 Å². The van der Waals surface area contributed by atoms with Gasteiger partial charge in [-0.3, -0.25) is 10.1 Å². The van der Waals surface area contributed by atoms with Crippen LogP contribution in [0.25, 0.3) is 0 Å². The van der Waals surface area contributed by atoms with Gasteiger partial charge in [-0.2, -0.15) is 0 Å². The number of furan rings is 1. The van der Waals surface area contributed by atoms with Crippen molar-refractivity contribution in [3.05, 3.63) is 34.3 Å². The fraction of sp³-hybridized carbons (Fsp3) is 0.333. The van der Waals surface area contributed by atoms with E-state index in [0.717, 1.165) is 0 Å². The summed E-state index contributed by atoms with van der Waals surface area (Å²) in [7, 11) is 0. The molecule has 0 saturated heterocycles. The molecular weight excluding hydrogens is 150 g/mol. The summed E-state index contributed by atoms with van der Waals surface area (Å²) < 4.78 is 4.79. The average molecular weight is 157 g/mol. The molecule has 5 nitrogen and oxygen atoms in total. The summed E-state index contributed by atoms with van der Waals surface area (Å²) in [6.07, 6.45) is -0.247. The van der Waals surface area contributed by atoms with Crippen molar-refractivity contribution in [3.63, 3.8) is 0 Å². The summed E-state index contributed by atoms with van der Waals surface area (Å²) in [5.74, 6) is 0.411. The van der Waals surface area contributed by atoms with Gasteiger partial charge in [-0.15, -0.1) is 0 Å². The maximum atomic E-state index is 9.94. The van der Waals surface area contributed by atoms with Crippen LogP contribution in [0.4, 0.5) is 0 Å². The van der Waals surface area contributed by atoms with Crippen LogP contribution in [0.2, 0.25) is 0 Å². The monoisotopic (exact) mass is 157 g/mol. The number of aliphatic hydroxyl groups is 1. The van der Waals surface area contributed by atoms with E-state index in [0.29, 0.717) is 5.76 Å². The van der Waals surface area contributed by atoms with Crippen molar-refractivity contribution in [1.29, 1.82) is 0 Å². The third kappa shape index (κ3) is 2.05. The maximum absolute atomic E-state index is 9.94. The summed E-state index contributed by atoms with van der Waals surface area (Å²) in [6, 6.07) is 3.19. The number of hydrogen-bond donors (Lipinski definition) is 1. The van der Waals surface area contributed by atoms with E-state index in [4.69, 9.17) is 9.52 Å². The van der Waals surface area contributed by atoms with Crippen molar-refractivity contribution in [3.8, 4) is 0 Å². The summed E-state index contributed by atoms with van der Waals surface area (Å²) in [4.78, 5) is 9.18. The van der Waals surface area contributed by atoms with Crippen LogP contribution in [0.5, 0.6) is 0 Å². The topological polar surface area (TPSA) is 76.5 Å². The number of hydrogen-bond acceptors (Lipinski definition) is 4. The zero-order valence-corrected chi connectivity index (χ0v) is 5.64. The first kappa shape index (κ1) is 7.74. The molecule has 0 aliphatic carbocycles. The highest BCUT2D eigenvalue weighted by Crippen LogP contribution is 2.03. The molecule has 1 atom stereocenters. The van der Waals surface area contributed by atoms with Crippen molar-refractivity contribution in [2.75, 3.05) is 0 Å². The first-order valence-electron chi connectivity index (χ1n) is 3.04. The molecule has 0 fully saturated rings. The molecule has 0 amide bonds. The van der Waals surface area contributed by atoms with Gasteiger partial charge in [-0.05, 0) is 12.1 Å². The predicted octanol–water partition coefficient (Wildman–Crippen LogP) is 0.417. The molecular formula is C6H7NO4. The Labute approximate surface area is 62.4 Å². The molecule has 0 aromatic carbocycles. The van der Waals surface area contributed by atoms with Gasteiger partial charge < -0.3 is 9.52 Å². The minimum atomic E-state index is -1.57. The molecule has 1 N–H and O–H groups in total. The van der Waals surface area contributed by atoms with E-state index >= 15 is 0 Å². The van der Waals surface area contributed by atoms with Crippen LogP contribution in [0.15, 0.2) is 22.8 Å². The number of nitrogens with zero attached hydrogens (tertiary/aromatic N) is 1. The van der Waals surface area contributed by atoms with Crippen LogP contribution in [0, 0.1) is 10.1 Å². The molecule has 0 spiro atoms. The van der Waals surface area contributed by atoms with E-state index in [-0.39, 0.29) is 6.42 Å². The van der Waals surface area contributed by atoms with Gasteiger partial charge in [0.1, 0.15) is 12.2 Å². The normalized spacial score (nSPS) is 12.8. The third-order valence-electron chi connectivity index (χ3n) is 1.21. The molecule has 60 valence electrons. The molecule has 1 unspecified atom stereocenters. The molecule has 1 rings (SSSR count). The number of rotatable bonds is 3. The fourth-order valence-electron chi connectivity index (χ4n) is 0.683. The molecule has 0 bridgehead atoms. The van der Waals surface area contributed by atoms with Crippen LogP contribution in [0.1, 0.15) is 5.76 Å². The van der Waals surface area contributed by atoms with Crippen LogP contribution in [-0.2, 0) is 6.42 Å². The van der Waals surface area contributed by atoms with Crippen molar-refractivity contribution in [1.82, 2.24) is 0 Å². The van der Waals surface area contributed by atoms with E-state index in [1.807, 2.05) is 0 Å². The highest BCUT2D eigenvalue weighted by Gasteiger charge is 2.16. The molecule has 0 saturated carbocycles. The van der Waals surface area contributed by atoms with E-state index < -0.39 is 11.2 Å². The van der Waals surface area contributed by atoms with Gasteiger partial charge in [0.05, 0.1) is 11.2 Å². The summed E-state index contributed by atoms with van der Waals surface area (Å²) in [6.45, 7) is 0. The molecule has 0 aliphatic rings. The first-order chi connectivity index (χ1) is 5.20. The Morgan fingerprint density at radius 3 is 3.00 bits per heavy atom. The Morgan fingerprint density at radius 2 is 2.55 bits per heavy atom. The summed E-state index contributed by atoms with van der Waals surface area (Å²) in [5.41, 5.74) is 0. The molecule has 1 aromatic heterocycles. The van der Waals surface area contributed by atoms with Gasteiger partial charge in [0.25, 0.3) is 0 Å². The van der Waals surface area contributed by atoms with Gasteiger partial charge in [0, 0.05) is 0 Å². The van der Waals surface area contributed by atoms with Crippen molar-refractivity contribution in [2.24, 2.45) is 0 Å². The average Bonchev–Trinajstić information content (AvgIpc) is 2.39. The Bertz CT molecular complexity index is 231. The highest BCUT2D eigenvalue weighted by molar-refractivity contribution is 4.98. The van der Waals surface area contributed by atoms with E-state index in [1.165, 1.54) is 6.26 Å². The maximum Gasteiger partial charge on any atom is 0.320 e. The minimum Gasteiger partial charge on any atom is -0.469 e. The molecule has 0 radical (unpaired) electrons. The Kier molecular flexibility index (Phi) is 2.22. The second kappa shape index (κ2) is 3.16. The largest absolute Gasteiger partial charge is 0.469 e. The van der Waals surface area contributed by atoms with Crippen LogP contribution in [-0.4, -0.2) is 16.3 Å². The zero-order chi connectivity index (χ0) is 8.27. The highest BCUT2D eigenvalue weighted by atomic mass is 16.7. The van der Waals surface area contributed by atoms with Crippen LogP contribution in [0.3, 0.4) is 0 Å². The Balaban J connectivity index is 2.50. The lowest BCUT2D eigenvalue weighted by Crippen LogP contribution is -2.20. The number of aliphatic hydroxyl groups excluding tert-OH is 1. The minimum absolute atomic E-state index is 0.0833.